The molecule has 1 aromatic rings. The number of ether oxygens (including phenoxy) is 1. The van der Waals surface area contributed by atoms with Crippen molar-refractivity contribution in [2.45, 2.75) is 32.2 Å². The number of nitrogens with one attached hydrogen (secondary N) is 1. The van der Waals surface area contributed by atoms with Gasteiger partial charge in [0.05, 0.1) is 6.61 Å². The standard InChI is InChI=1S/C16H24N2O3/c1-2-21-16(20)18-11-8-14(9-12-18)17-10-7-13-3-5-15(19)6-4-13/h3-6,14,17,19H,2,7-12H2,1H3. The average molecular weight is 292 g/mol. The summed E-state index contributed by atoms with van der Waals surface area (Å²) >= 11 is 0. The number of piperidine rings is 1. The molecule has 5 nitrogen and oxygen atoms in total. The average Bonchev–Trinajstić information content (AvgIpc) is 2.50. The van der Waals surface area contributed by atoms with Crippen LogP contribution in [0.15, 0.2) is 24.3 Å². The number of nitrogens with zero attached hydrogens (tertiary/aromatic N) is 1. The molecule has 0 aromatic heterocycles. The maximum absolute atomic E-state index is 11.6. The third kappa shape index (κ3) is 4.93. The minimum Gasteiger partial charge on any atom is -0.508 e. The molecule has 0 unspecified atom stereocenters. The summed E-state index contributed by atoms with van der Waals surface area (Å²) in [6.07, 6.45) is 2.68. The molecule has 2 rings (SSSR count). The van der Waals surface area contributed by atoms with Crippen molar-refractivity contribution in [3.63, 3.8) is 0 Å². The Morgan fingerprint density at radius 1 is 1.33 bits per heavy atom. The molecule has 1 aliphatic rings. The van der Waals surface area contributed by atoms with Crippen LogP contribution in [0.1, 0.15) is 25.3 Å². The van der Waals surface area contributed by atoms with E-state index in [0.29, 0.717) is 18.4 Å². The second-order valence-electron chi connectivity index (χ2n) is 5.33. The first kappa shape index (κ1) is 15.6. The molecule has 0 saturated carbocycles. The second kappa shape index (κ2) is 7.88. The molecule has 1 heterocycles. The number of benzene rings is 1. The molecule has 1 amide bonds. The SMILES string of the molecule is CCOC(=O)N1CCC(NCCc2ccc(O)cc2)CC1. The van der Waals surface area contributed by atoms with Crippen LogP contribution in [-0.4, -0.2) is 48.4 Å². The van der Waals surface area contributed by atoms with E-state index in [1.807, 2.05) is 19.1 Å². The summed E-state index contributed by atoms with van der Waals surface area (Å²) in [4.78, 5) is 13.4. The molecule has 0 bridgehead atoms. The van der Waals surface area contributed by atoms with Crippen LogP contribution < -0.4 is 5.32 Å². The normalized spacial score (nSPS) is 16.0. The topological polar surface area (TPSA) is 61.8 Å². The summed E-state index contributed by atoms with van der Waals surface area (Å²) < 4.78 is 5.01. The van der Waals surface area contributed by atoms with Gasteiger partial charge >= 0.3 is 6.09 Å². The maximum atomic E-state index is 11.6. The smallest absolute Gasteiger partial charge is 0.409 e. The molecule has 0 spiro atoms. The van der Waals surface area contributed by atoms with E-state index in [4.69, 9.17) is 4.74 Å². The van der Waals surface area contributed by atoms with E-state index >= 15 is 0 Å². The maximum Gasteiger partial charge on any atom is 0.409 e. The van der Waals surface area contributed by atoms with Gasteiger partial charge in [0.25, 0.3) is 0 Å². The van der Waals surface area contributed by atoms with E-state index in [2.05, 4.69) is 5.32 Å². The number of carbonyl (C=O) groups is 1. The summed E-state index contributed by atoms with van der Waals surface area (Å²) in [7, 11) is 0. The molecule has 0 aliphatic carbocycles. The molecule has 0 radical (unpaired) electrons. The molecule has 21 heavy (non-hydrogen) atoms. The Bertz CT molecular complexity index is 439. The van der Waals surface area contributed by atoms with Crippen LogP contribution in [0.2, 0.25) is 0 Å². The highest BCUT2D eigenvalue weighted by molar-refractivity contribution is 5.67. The zero-order valence-electron chi connectivity index (χ0n) is 12.5. The lowest BCUT2D eigenvalue weighted by atomic mass is 10.0. The van der Waals surface area contributed by atoms with Gasteiger partial charge in [-0.2, -0.15) is 0 Å². The van der Waals surface area contributed by atoms with E-state index in [1.54, 1.807) is 17.0 Å². The second-order valence-corrected chi connectivity index (χ2v) is 5.33. The number of hydrogen-bond donors (Lipinski definition) is 2. The van der Waals surface area contributed by atoms with Crippen LogP contribution in [0.5, 0.6) is 5.75 Å². The van der Waals surface area contributed by atoms with Gasteiger partial charge in [-0.1, -0.05) is 12.1 Å². The number of rotatable bonds is 5. The van der Waals surface area contributed by atoms with Crippen molar-refractivity contribution in [1.29, 1.82) is 0 Å². The van der Waals surface area contributed by atoms with Crippen LogP contribution in [0, 0.1) is 0 Å². The van der Waals surface area contributed by atoms with E-state index in [1.165, 1.54) is 5.56 Å². The van der Waals surface area contributed by atoms with Crippen LogP contribution >= 0.6 is 0 Å². The molecule has 2 N–H and O–H groups in total. The fourth-order valence-corrected chi connectivity index (χ4v) is 2.56. The van der Waals surface area contributed by atoms with Gasteiger partial charge in [0.15, 0.2) is 0 Å². The molecule has 0 atom stereocenters. The quantitative estimate of drug-likeness (QED) is 0.873. The predicted molar refractivity (Wildman–Crippen MR) is 81.4 cm³/mol. The van der Waals surface area contributed by atoms with Crippen LogP contribution in [0.3, 0.4) is 0 Å². The van der Waals surface area contributed by atoms with E-state index in [0.717, 1.165) is 38.9 Å². The Labute approximate surface area is 125 Å². The van der Waals surface area contributed by atoms with Gasteiger partial charge in [-0.05, 0) is 50.4 Å². The van der Waals surface area contributed by atoms with Gasteiger partial charge in [-0.15, -0.1) is 0 Å². The Balaban J connectivity index is 1.65. The van der Waals surface area contributed by atoms with E-state index in [9.17, 15) is 9.90 Å². The Hall–Kier alpha value is -1.75. The first-order valence-electron chi connectivity index (χ1n) is 7.62. The highest BCUT2D eigenvalue weighted by atomic mass is 16.6. The predicted octanol–water partition coefficient (Wildman–Crippen LogP) is 2.15. The zero-order valence-corrected chi connectivity index (χ0v) is 12.5. The summed E-state index contributed by atoms with van der Waals surface area (Å²) in [5, 5.41) is 12.8. The van der Waals surface area contributed by atoms with Crippen LogP contribution in [-0.2, 0) is 11.2 Å². The van der Waals surface area contributed by atoms with E-state index < -0.39 is 0 Å². The van der Waals surface area contributed by atoms with Crippen molar-refractivity contribution in [3.8, 4) is 5.75 Å². The van der Waals surface area contributed by atoms with E-state index in [-0.39, 0.29) is 6.09 Å². The molecule has 1 aliphatic heterocycles. The van der Waals surface area contributed by atoms with Gasteiger partial charge in [-0.25, -0.2) is 4.79 Å². The number of phenolic OH excluding ortho intramolecular Hbond substituents is 1. The zero-order chi connectivity index (χ0) is 15.1. The van der Waals surface area contributed by atoms with Crippen LogP contribution in [0.25, 0.3) is 0 Å². The van der Waals surface area contributed by atoms with Crippen molar-refractivity contribution >= 4 is 6.09 Å². The highest BCUT2D eigenvalue weighted by Crippen LogP contribution is 2.12. The Morgan fingerprint density at radius 3 is 2.62 bits per heavy atom. The fraction of sp³-hybridized carbons (Fsp3) is 0.562. The summed E-state index contributed by atoms with van der Waals surface area (Å²) in [6, 6.07) is 7.79. The number of likely N-dealkylation sites (tertiary alicyclic amines) is 1. The lowest BCUT2D eigenvalue weighted by molar-refractivity contribution is 0.0952. The van der Waals surface area contributed by atoms with Crippen LogP contribution in [0.4, 0.5) is 4.79 Å². The van der Waals surface area contributed by atoms with Gasteiger partial charge in [-0.3, -0.25) is 0 Å². The monoisotopic (exact) mass is 292 g/mol. The third-order valence-electron chi connectivity index (χ3n) is 3.80. The number of aromatic hydroxyl groups is 1. The van der Waals surface area contributed by atoms with Crippen molar-refractivity contribution in [3.05, 3.63) is 29.8 Å². The first-order chi connectivity index (χ1) is 10.2. The number of hydrogen-bond acceptors (Lipinski definition) is 4. The Kier molecular flexibility index (Phi) is 5.87. The third-order valence-corrected chi connectivity index (χ3v) is 3.80. The molecular formula is C16H24N2O3. The van der Waals surface area contributed by atoms with Crippen molar-refractivity contribution in [2.75, 3.05) is 26.2 Å². The van der Waals surface area contributed by atoms with Gasteiger partial charge in [0.1, 0.15) is 5.75 Å². The number of phenols is 1. The largest absolute Gasteiger partial charge is 0.508 e. The molecule has 1 saturated heterocycles. The lowest BCUT2D eigenvalue weighted by Crippen LogP contribution is -2.45. The minimum absolute atomic E-state index is 0.194. The van der Waals surface area contributed by atoms with Crippen molar-refractivity contribution in [2.24, 2.45) is 0 Å². The van der Waals surface area contributed by atoms with Crippen molar-refractivity contribution in [1.82, 2.24) is 10.2 Å². The summed E-state index contributed by atoms with van der Waals surface area (Å²) in [5.74, 6) is 0.304. The first-order valence-corrected chi connectivity index (χ1v) is 7.62. The number of carbonyl (C=O) groups excluding carboxylic acids is 1. The summed E-state index contributed by atoms with van der Waals surface area (Å²) in [5.41, 5.74) is 1.21. The number of amides is 1. The molecule has 1 fully saturated rings. The lowest BCUT2D eigenvalue weighted by Gasteiger charge is -2.31. The Morgan fingerprint density at radius 2 is 2.00 bits per heavy atom. The minimum atomic E-state index is -0.194. The van der Waals surface area contributed by atoms with Gasteiger partial charge in [0, 0.05) is 19.1 Å². The highest BCUT2D eigenvalue weighted by Gasteiger charge is 2.22. The molecule has 116 valence electrons. The van der Waals surface area contributed by atoms with Gasteiger partial charge in [0.2, 0.25) is 0 Å². The molecule has 1 aromatic carbocycles. The van der Waals surface area contributed by atoms with Crippen molar-refractivity contribution < 1.29 is 14.6 Å². The van der Waals surface area contributed by atoms with Gasteiger partial charge < -0.3 is 20.1 Å². The fourth-order valence-electron chi connectivity index (χ4n) is 2.56. The summed E-state index contributed by atoms with van der Waals surface area (Å²) in [6.45, 7) is 4.69. The molecule has 5 heteroatoms. The molecular weight excluding hydrogens is 268 g/mol.